The van der Waals surface area contributed by atoms with Crippen molar-refractivity contribution in [3.05, 3.63) is 42.6 Å². The Morgan fingerprint density at radius 1 is 0.944 bits per heavy atom. The van der Waals surface area contributed by atoms with Crippen molar-refractivity contribution in [3.63, 3.8) is 0 Å². The van der Waals surface area contributed by atoms with Gasteiger partial charge in [-0.3, -0.25) is 0 Å². The Kier molecular flexibility index (Phi) is 3.24. The lowest BCUT2D eigenvalue weighted by atomic mass is 10.1. The topological polar surface area (TPSA) is 48.1 Å². The van der Waals surface area contributed by atoms with E-state index in [1.165, 1.54) is 0 Å². The van der Waals surface area contributed by atoms with Crippen LogP contribution in [0.3, 0.4) is 0 Å². The van der Waals surface area contributed by atoms with Crippen LogP contribution in [-0.4, -0.2) is 10.6 Å². The summed E-state index contributed by atoms with van der Waals surface area (Å²) >= 11 is 0. The minimum absolute atomic E-state index is 0.176. The zero-order chi connectivity index (χ0) is 13.2. The van der Waals surface area contributed by atoms with E-state index >= 15 is 0 Å². The minimum Gasteiger partial charge on any atom is -0.488 e. The predicted octanol–water partition coefficient (Wildman–Crippen LogP) is 3.51. The fraction of sp³-hybridized carbons (Fsp3) is 0.267. The number of nitrogens with two attached hydrogens (primary N) is 1. The normalized spacial score (nSPS) is 11.3. The zero-order valence-corrected chi connectivity index (χ0v) is 11.0. The van der Waals surface area contributed by atoms with Crippen molar-refractivity contribution in [3.8, 4) is 16.9 Å². The molecular weight excluding hydrogens is 224 g/mol. The Bertz CT molecular complexity index is 510. The van der Waals surface area contributed by atoms with Gasteiger partial charge >= 0.3 is 0 Å². The fourth-order valence-corrected chi connectivity index (χ4v) is 1.65. The van der Waals surface area contributed by atoms with Gasteiger partial charge < -0.3 is 10.5 Å². The zero-order valence-electron chi connectivity index (χ0n) is 11.0. The molecule has 0 atom stereocenters. The van der Waals surface area contributed by atoms with Gasteiger partial charge in [-0.2, -0.15) is 0 Å². The summed E-state index contributed by atoms with van der Waals surface area (Å²) in [7, 11) is 0. The summed E-state index contributed by atoms with van der Waals surface area (Å²) in [6, 6.07) is 11.7. The van der Waals surface area contributed by atoms with Crippen molar-refractivity contribution < 1.29 is 4.74 Å². The predicted molar refractivity (Wildman–Crippen MR) is 74.5 cm³/mol. The molecular formula is C15H18N2O. The van der Waals surface area contributed by atoms with Crippen molar-refractivity contribution in [2.24, 2.45) is 0 Å². The van der Waals surface area contributed by atoms with E-state index in [-0.39, 0.29) is 5.60 Å². The number of anilines is 1. The van der Waals surface area contributed by atoms with Crippen molar-refractivity contribution >= 4 is 5.82 Å². The standard InChI is InChI=1S/C15H18N2O/c1-15(2,3)18-13-7-4-11(5-8-13)12-6-9-14(16)17-10-12/h4-10H,1-3H3,(H2,16,17). The summed E-state index contributed by atoms with van der Waals surface area (Å²) in [6.07, 6.45) is 1.77. The first-order valence-electron chi connectivity index (χ1n) is 5.95. The maximum absolute atomic E-state index is 5.78. The van der Waals surface area contributed by atoms with Gasteiger partial charge in [0.25, 0.3) is 0 Å². The van der Waals surface area contributed by atoms with Crippen molar-refractivity contribution in [2.45, 2.75) is 26.4 Å². The SMILES string of the molecule is CC(C)(C)Oc1ccc(-c2ccc(N)nc2)cc1. The molecule has 0 aliphatic heterocycles. The molecule has 2 N–H and O–H groups in total. The lowest BCUT2D eigenvalue weighted by Gasteiger charge is -2.21. The fourth-order valence-electron chi connectivity index (χ4n) is 1.65. The number of nitrogens with zero attached hydrogens (tertiary/aromatic N) is 1. The molecule has 0 radical (unpaired) electrons. The molecule has 0 spiro atoms. The second kappa shape index (κ2) is 4.69. The van der Waals surface area contributed by atoms with Crippen LogP contribution in [-0.2, 0) is 0 Å². The van der Waals surface area contributed by atoms with Crippen LogP contribution < -0.4 is 10.5 Å². The summed E-state index contributed by atoms with van der Waals surface area (Å²) < 4.78 is 5.78. The van der Waals surface area contributed by atoms with E-state index in [1.54, 1.807) is 12.3 Å². The van der Waals surface area contributed by atoms with E-state index in [2.05, 4.69) is 4.98 Å². The van der Waals surface area contributed by atoms with Gasteiger partial charge in [0.2, 0.25) is 0 Å². The van der Waals surface area contributed by atoms with Crippen LogP contribution in [0.5, 0.6) is 5.75 Å². The highest BCUT2D eigenvalue weighted by atomic mass is 16.5. The van der Waals surface area contributed by atoms with E-state index in [4.69, 9.17) is 10.5 Å². The van der Waals surface area contributed by atoms with Gasteiger partial charge in [-0.15, -0.1) is 0 Å². The van der Waals surface area contributed by atoms with Crippen LogP contribution in [0.4, 0.5) is 5.82 Å². The van der Waals surface area contributed by atoms with Crippen LogP contribution in [0, 0.1) is 0 Å². The maximum atomic E-state index is 5.78. The third-order valence-corrected chi connectivity index (χ3v) is 2.40. The average Bonchev–Trinajstić information content (AvgIpc) is 2.29. The number of nitrogen functional groups attached to an aromatic ring is 1. The molecule has 1 heterocycles. The number of hydrogen-bond donors (Lipinski definition) is 1. The molecule has 2 aromatic rings. The first kappa shape index (κ1) is 12.4. The summed E-state index contributed by atoms with van der Waals surface area (Å²) in [4.78, 5) is 4.08. The Morgan fingerprint density at radius 2 is 1.56 bits per heavy atom. The van der Waals surface area contributed by atoms with Gasteiger partial charge in [0.05, 0.1) is 0 Å². The second-order valence-electron chi connectivity index (χ2n) is 5.21. The molecule has 0 fully saturated rings. The molecule has 0 aliphatic carbocycles. The van der Waals surface area contributed by atoms with Gasteiger partial charge in [-0.05, 0) is 50.6 Å². The maximum Gasteiger partial charge on any atom is 0.123 e. The van der Waals surface area contributed by atoms with Gasteiger partial charge in [0, 0.05) is 11.8 Å². The van der Waals surface area contributed by atoms with E-state index in [9.17, 15) is 0 Å². The van der Waals surface area contributed by atoms with Crippen molar-refractivity contribution in [2.75, 3.05) is 5.73 Å². The van der Waals surface area contributed by atoms with Gasteiger partial charge in [-0.25, -0.2) is 4.98 Å². The van der Waals surface area contributed by atoms with Crippen LogP contribution >= 0.6 is 0 Å². The molecule has 0 amide bonds. The summed E-state index contributed by atoms with van der Waals surface area (Å²) in [6.45, 7) is 6.10. The van der Waals surface area contributed by atoms with Crippen LogP contribution in [0.15, 0.2) is 42.6 Å². The number of pyridine rings is 1. The molecule has 3 nitrogen and oxygen atoms in total. The molecule has 1 aromatic carbocycles. The Morgan fingerprint density at radius 3 is 2.06 bits per heavy atom. The monoisotopic (exact) mass is 242 g/mol. The molecule has 2 rings (SSSR count). The van der Waals surface area contributed by atoms with E-state index in [0.29, 0.717) is 5.82 Å². The highest BCUT2D eigenvalue weighted by Crippen LogP contribution is 2.24. The molecule has 0 saturated carbocycles. The lowest BCUT2D eigenvalue weighted by molar-refractivity contribution is 0.131. The number of hydrogen-bond acceptors (Lipinski definition) is 3. The Balaban J connectivity index is 2.20. The molecule has 18 heavy (non-hydrogen) atoms. The van der Waals surface area contributed by atoms with Gasteiger partial charge in [-0.1, -0.05) is 12.1 Å². The van der Waals surface area contributed by atoms with E-state index in [1.807, 2.05) is 51.1 Å². The molecule has 0 aliphatic rings. The van der Waals surface area contributed by atoms with Crippen LogP contribution in [0.1, 0.15) is 20.8 Å². The summed E-state index contributed by atoms with van der Waals surface area (Å²) in [5.41, 5.74) is 7.54. The lowest BCUT2D eigenvalue weighted by Crippen LogP contribution is -2.22. The van der Waals surface area contributed by atoms with Gasteiger partial charge in [0.1, 0.15) is 17.2 Å². The van der Waals surface area contributed by atoms with Crippen molar-refractivity contribution in [1.29, 1.82) is 0 Å². The number of ether oxygens (including phenoxy) is 1. The van der Waals surface area contributed by atoms with Crippen molar-refractivity contribution in [1.82, 2.24) is 4.98 Å². The number of rotatable bonds is 2. The molecule has 0 bridgehead atoms. The number of benzene rings is 1. The first-order chi connectivity index (χ1) is 8.44. The summed E-state index contributed by atoms with van der Waals surface area (Å²) in [5.74, 6) is 1.40. The van der Waals surface area contributed by atoms with Crippen LogP contribution in [0.25, 0.3) is 11.1 Å². The van der Waals surface area contributed by atoms with Gasteiger partial charge in [0.15, 0.2) is 0 Å². The Hall–Kier alpha value is -2.03. The van der Waals surface area contributed by atoms with E-state index in [0.717, 1.165) is 16.9 Å². The third-order valence-electron chi connectivity index (χ3n) is 2.40. The summed E-state index contributed by atoms with van der Waals surface area (Å²) in [5, 5.41) is 0. The van der Waals surface area contributed by atoms with E-state index < -0.39 is 0 Å². The molecule has 1 aromatic heterocycles. The molecule has 3 heteroatoms. The second-order valence-corrected chi connectivity index (χ2v) is 5.21. The van der Waals surface area contributed by atoms with Crippen LogP contribution in [0.2, 0.25) is 0 Å². The highest BCUT2D eigenvalue weighted by molar-refractivity contribution is 5.64. The highest BCUT2D eigenvalue weighted by Gasteiger charge is 2.11. The number of aromatic nitrogens is 1. The molecule has 0 saturated heterocycles. The molecule has 94 valence electrons. The first-order valence-corrected chi connectivity index (χ1v) is 5.95. The quantitative estimate of drug-likeness (QED) is 0.876. The minimum atomic E-state index is -0.176. The smallest absolute Gasteiger partial charge is 0.123 e. The third kappa shape index (κ3) is 3.23. The molecule has 0 unspecified atom stereocenters. The largest absolute Gasteiger partial charge is 0.488 e. The Labute approximate surface area is 108 Å². The average molecular weight is 242 g/mol.